The first kappa shape index (κ1) is 8.13. The van der Waals surface area contributed by atoms with Gasteiger partial charge in [0.25, 0.3) is 0 Å². The third-order valence-electron chi connectivity index (χ3n) is 1.56. The van der Waals surface area contributed by atoms with Crippen LogP contribution >= 0.6 is 0 Å². The summed E-state index contributed by atoms with van der Waals surface area (Å²) in [5.41, 5.74) is 0.738. The molecule has 0 radical (unpaired) electrons. The predicted octanol–water partition coefficient (Wildman–Crippen LogP) is 1.80. The van der Waals surface area contributed by atoms with Gasteiger partial charge in [0, 0.05) is 6.04 Å². The van der Waals surface area contributed by atoms with Crippen molar-refractivity contribution in [2.24, 2.45) is 5.92 Å². The summed E-state index contributed by atoms with van der Waals surface area (Å²) >= 11 is 0. The molecule has 2 heteroatoms. The van der Waals surface area contributed by atoms with E-state index in [2.05, 4.69) is 25.2 Å². The third-order valence-corrected chi connectivity index (χ3v) is 1.56. The highest BCUT2D eigenvalue weighted by molar-refractivity contribution is 5.20. The molecule has 0 unspecified atom stereocenters. The standard InChI is InChI=1S/C9H14N2/c1-7(2)5-9(6-10)11-8-3-4-8/h5,7-8,11H,3-4H2,1-2H3. The molecule has 0 aromatic carbocycles. The van der Waals surface area contributed by atoms with Crippen LogP contribution in [0.15, 0.2) is 11.8 Å². The van der Waals surface area contributed by atoms with Crippen molar-refractivity contribution in [1.82, 2.24) is 5.32 Å². The second kappa shape index (κ2) is 3.43. The molecule has 0 aromatic rings. The summed E-state index contributed by atoms with van der Waals surface area (Å²) in [6, 6.07) is 2.74. The molecule has 1 fully saturated rings. The third kappa shape index (κ3) is 3.08. The molecule has 0 atom stereocenters. The molecular formula is C9H14N2. The van der Waals surface area contributed by atoms with E-state index in [9.17, 15) is 0 Å². The summed E-state index contributed by atoms with van der Waals surface area (Å²) in [4.78, 5) is 0. The summed E-state index contributed by atoms with van der Waals surface area (Å²) in [7, 11) is 0. The molecule has 0 amide bonds. The van der Waals surface area contributed by atoms with Crippen LogP contribution in [-0.2, 0) is 0 Å². The van der Waals surface area contributed by atoms with Crippen LogP contribution in [0.2, 0.25) is 0 Å². The lowest BCUT2D eigenvalue weighted by Crippen LogP contribution is -2.14. The highest BCUT2D eigenvalue weighted by atomic mass is 15.0. The minimum Gasteiger partial charge on any atom is -0.374 e. The van der Waals surface area contributed by atoms with Gasteiger partial charge in [-0.15, -0.1) is 0 Å². The van der Waals surface area contributed by atoms with Crippen LogP contribution in [0.25, 0.3) is 0 Å². The van der Waals surface area contributed by atoms with Crippen molar-refractivity contribution >= 4 is 0 Å². The smallest absolute Gasteiger partial charge is 0.117 e. The molecule has 0 bridgehead atoms. The molecule has 1 N–H and O–H groups in total. The van der Waals surface area contributed by atoms with E-state index in [1.165, 1.54) is 12.8 Å². The lowest BCUT2D eigenvalue weighted by molar-refractivity contribution is 0.774. The van der Waals surface area contributed by atoms with Gasteiger partial charge in [0.2, 0.25) is 0 Å². The molecule has 0 spiro atoms. The van der Waals surface area contributed by atoms with E-state index in [0.29, 0.717) is 12.0 Å². The lowest BCUT2D eigenvalue weighted by Gasteiger charge is -2.02. The van der Waals surface area contributed by atoms with Crippen LogP contribution in [0.1, 0.15) is 26.7 Å². The zero-order valence-electron chi connectivity index (χ0n) is 7.09. The summed E-state index contributed by atoms with van der Waals surface area (Å²) in [5, 5.41) is 11.8. The topological polar surface area (TPSA) is 35.8 Å². The van der Waals surface area contributed by atoms with Crippen LogP contribution in [-0.4, -0.2) is 6.04 Å². The zero-order chi connectivity index (χ0) is 8.27. The highest BCUT2D eigenvalue weighted by Gasteiger charge is 2.21. The van der Waals surface area contributed by atoms with Crippen molar-refractivity contribution in [2.45, 2.75) is 32.7 Å². The Morgan fingerprint density at radius 2 is 2.27 bits per heavy atom. The van der Waals surface area contributed by atoms with E-state index in [4.69, 9.17) is 5.26 Å². The van der Waals surface area contributed by atoms with Gasteiger partial charge in [-0.3, -0.25) is 0 Å². The predicted molar refractivity (Wildman–Crippen MR) is 44.7 cm³/mol. The molecule has 0 aromatic heterocycles. The lowest BCUT2D eigenvalue weighted by atomic mass is 10.2. The summed E-state index contributed by atoms with van der Waals surface area (Å²) in [5.74, 6) is 0.455. The Labute approximate surface area is 67.9 Å². The number of hydrogen-bond donors (Lipinski definition) is 1. The Hall–Kier alpha value is -0.970. The van der Waals surface area contributed by atoms with Crippen molar-refractivity contribution in [3.05, 3.63) is 11.8 Å². The maximum Gasteiger partial charge on any atom is 0.117 e. The number of allylic oxidation sites excluding steroid dienone is 2. The zero-order valence-corrected chi connectivity index (χ0v) is 7.09. The minimum absolute atomic E-state index is 0.455. The maximum absolute atomic E-state index is 8.67. The molecule has 0 saturated heterocycles. The van der Waals surface area contributed by atoms with Gasteiger partial charge in [-0.1, -0.05) is 13.8 Å². The Morgan fingerprint density at radius 3 is 2.64 bits per heavy atom. The van der Waals surface area contributed by atoms with E-state index < -0.39 is 0 Å². The quantitative estimate of drug-likeness (QED) is 0.623. The van der Waals surface area contributed by atoms with Crippen molar-refractivity contribution in [3.8, 4) is 6.07 Å². The Morgan fingerprint density at radius 1 is 1.64 bits per heavy atom. The van der Waals surface area contributed by atoms with Crippen molar-refractivity contribution in [2.75, 3.05) is 0 Å². The average molecular weight is 150 g/mol. The van der Waals surface area contributed by atoms with Crippen molar-refractivity contribution in [1.29, 1.82) is 5.26 Å². The maximum atomic E-state index is 8.67. The Kier molecular flexibility index (Phi) is 2.53. The molecule has 11 heavy (non-hydrogen) atoms. The van der Waals surface area contributed by atoms with Crippen LogP contribution in [0.4, 0.5) is 0 Å². The molecule has 1 aliphatic rings. The summed E-state index contributed by atoms with van der Waals surface area (Å²) < 4.78 is 0. The van der Waals surface area contributed by atoms with Gasteiger partial charge < -0.3 is 5.32 Å². The van der Waals surface area contributed by atoms with Gasteiger partial charge in [0.15, 0.2) is 0 Å². The van der Waals surface area contributed by atoms with Crippen LogP contribution in [0, 0.1) is 17.2 Å². The molecule has 60 valence electrons. The SMILES string of the molecule is CC(C)C=C(C#N)NC1CC1. The number of nitrogens with zero attached hydrogens (tertiary/aromatic N) is 1. The Balaban J connectivity index is 2.41. The Bertz CT molecular complexity index is 194. The highest BCUT2D eigenvalue weighted by Crippen LogP contribution is 2.20. The number of nitriles is 1. The van der Waals surface area contributed by atoms with Gasteiger partial charge in [0.1, 0.15) is 11.8 Å². The first-order valence-electron chi connectivity index (χ1n) is 4.11. The summed E-state index contributed by atoms with van der Waals surface area (Å²) in [6.45, 7) is 4.15. The first-order valence-corrected chi connectivity index (χ1v) is 4.11. The first-order chi connectivity index (χ1) is 5.22. The number of nitrogens with one attached hydrogen (secondary N) is 1. The molecule has 0 heterocycles. The fourth-order valence-electron chi connectivity index (χ4n) is 0.899. The second-order valence-corrected chi connectivity index (χ2v) is 3.35. The molecular weight excluding hydrogens is 136 g/mol. The monoisotopic (exact) mass is 150 g/mol. The van der Waals surface area contributed by atoms with Crippen LogP contribution < -0.4 is 5.32 Å². The van der Waals surface area contributed by atoms with Gasteiger partial charge in [0.05, 0.1) is 0 Å². The van der Waals surface area contributed by atoms with Gasteiger partial charge in [-0.2, -0.15) is 5.26 Å². The van der Waals surface area contributed by atoms with E-state index in [0.717, 1.165) is 5.70 Å². The molecule has 1 aliphatic carbocycles. The molecule has 0 aliphatic heterocycles. The van der Waals surface area contributed by atoms with Gasteiger partial charge in [-0.05, 0) is 24.8 Å². The normalized spacial score (nSPS) is 18.2. The fraction of sp³-hybridized carbons (Fsp3) is 0.667. The van der Waals surface area contributed by atoms with Crippen LogP contribution in [0.3, 0.4) is 0 Å². The van der Waals surface area contributed by atoms with E-state index in [-0.39, 0.29) is 0 Å². The fourth-order valence-corrected chi connectivity index (χ4v) is 0.899. The molecule has 1 rings (SSSR count). The van der Waals surface area contributed by atoms with Crippen molar-refractivity contribution in [3.63, 3.8) is 0 Å². The average Bonchev–Trinajstić information content (AvgIpc) is 2.69. The largest absolute Gasteiger partial charge is 0.374 e. The van der Waals surface area contributed by atoms with Crippen LogP contribution in [0.5, 0.6) is 0 Å². The van der Waals surface area contributed by atoms with E-state index in [1.54, 1.807) is 0 Å². The number of rotatable bonds is 3. The van der Waals surface area contributed by atoms with E-state index >= 15 is 0 Å². The number of hydrogen-bond acceptors (Lipinski definition) is 2. The van der Waals surface area contributed by atoms with E-state index in [1.807, 2.05) is 6.08 Å². The molecule has 1 saturated carbocycles. The minimum atomic E-state index is 0.455. The van der Waals surface area contributed by atoms with Crippen molar-refractivity contribution < 1.29 is 0 Å². The molecule has 2 nitrogen and oxygen atoms in total. The summed E-state index contributed by atoms with van der Waals surface area (Å²) in [6.07, 6.45) is 4.41. The second-order valence-electron chi connectivity index (χ2n) is 3.35. The van der Waals surface area contributed by atoms with Gasteiger partial charge >= 0.3 is 0 Å². The van der Waals surface area contributed by atoms with Gasteiger partial charge in [-0.25, -0.2) is 0 Å².